The highest BCUT2D eigenvalue weighted by Crippen LogP contribution is 2.07. The Bertz CT molecular complexity index is 441. The lowest BCUT2D eigenvalue weighted by Gasteiger charge is -2.21. The molecule has 1 aromatic carbocycles. The highest BCUT2D eigenvalue weighted by molar-refractivity contribution is 5.96. The van der Waals surface area contributed by atoms with Gasteiger partial charge in [-0.25, -0.2) is 0 Å². The van der Waals surface area contributed by atoms with E-state index in [1.54, 1.807) is 24.3 Å². The van der Waals surface area contributed by atoms with Gasteiger partial charge in [0.25, 0.3) is 5.91 Å². The highest BCUT2D eigenvalue weighted by Gasteiger charge is 2.16. The van der Waals surface area contributed by atoms with E-state index in [2.05, 4.69) is 11.1 Å². The van der Waals surface area contributed by atoms with Crippen molar-refractivity contribution in [3.8, 4) is 0 Å². The molecular weight excluding hydrogens is 244 g/mol. The molecule has 1 aromatic rings. The average molecular weight is 264 g/mol. The molecule has 0 aromatic heterocycles. The van der Waals surface area contributed by atoms with Crippen molar-refractivity contribution < 1.29 is 20.4 Å². The van der Waals surface area contributed by atoms with Crippen molar-refractivity contribution in [3.63, 3.8) is 0 Å². The number of carbonyl (C=O) groups excluding carboxylic acids is 2. The van der Waals surface area contributed by atoms with Gasteiger partial charge in [-0.2, -0.15) is 0 Å². The molecule has 5 nitrogen and oxygen atoms in total. The SMILES string of the molecule is CC(C)C[C@@H](NC(=O)c1ccc(C[NH3+])cc1)C(=O)[O-]. The number of quaternary nitrogens is 1. The molecule has 0 aliphatic rings. The molecule has 0 spiro atoms. The largest absolute Gasteiger partial charge is 0.548 e. The molecular formula is C14H20N2O3. The molecule has 1 rings (SSSR count). The standard InChI is InChI=1S/C14H20N2O3/c1-9(2)7-12(14(18)19)16-13(17)11-5-3-10(8-15)4-6-11/h3-6,9,12H,7-8,15H2,1-2H3,(H,16,17)(H,18,19)/t12-/m1/s1. The van der Waals surface area contributed by atoms with Gasteiger partial charge in [-0.05, 0) is 24.5 Å². The third-order valence-electron chi connectivity index (χ3n) is 2.80. The molecule has 5 heteroatoms. The van der Waals surface area contributed by atoms with Gasteiger partial charge in [-0.1, -0.05) is 26.0 Å². The summed E-state index contributed by atoms with van der Waals surface area (Å²) in [5.74, 6) is -1.49. The third-order valence-corrected chi connectivity index (χ3v) is 2.80. The number of nitrogens with one attached hydrogen (secondary N) is 1. The minimum Gasteiger partial charge on any atom is -0.548 e. The molecule has 0 saturated heterocycles. The van der Waals surface area contributed by atoms with E-state index in [0.717, 1.165) is 5.56 Å². The maximum absolute atomic E-state index is 11.9. The molecule has 1 amide bonds. The van der Waals surface area contributed by atoms with Crippen molar-refractivity contribution in [2.24, 2.45) is 5.92 Å². The zero-order valence-electron chi connectivity index (χ0n) is 11.3. The first-order valence-electron chi connectivity index (χ1n) is 6.34. The number of rotatable bonds is 6. The number of hydrogen-bond donors (Lipinski definition) is 2. The maximum Gasteiger partial charge on any atom is 0.251 e. The summed E-state index contributed by atoms with van der Waals surface area (Å²) in [5.41, 5.74) is 5.21. The van der Waals surface area contributed by atoms with Gasteiger partial charge in [0, 0.05) is 11.1 Å². The lowest BCUT2D eigenvalue weighted by Crippen LogP contribution is -2.48. The van der Waals surface area contributed by atoms with Crippen molar-refractivity contribution >= 4 is 11.9 Å². The Morgan fingerprint density at radius 2 is 1.84 bits per heavy atom. The Kier molecular flexibility index (Phi) is 5.51. The van der Waals surface area contributed by atoms with E-state index in [1.807, 2.05) is 13.8 Å². The van der Waals surface area contributed by atoms with Crippen LogP contribution in [0.3, 0.4) is 0 Å². The first kappa shape index (κ1) is 15.2. The number of carbonyl (C=O) groups is 2. The van der Waals surface area contributed by atoms with Gasteiger partial charge in [-0.15, -0.1) is 0 Å². The molecule has 0 aliphatic carbocycles. The minimum absolute atomic E-state index is 0.164. The first-order valence-corrected chi connectivity index (χ1v) is 6.34. The molecule has 4 N–H and O–H groups in total. The Morgan fingerprint density at radius 1 is 1.26 bits per heavy atom. The summed E-state index contributed by atoms with van der Waals surface area (Å²) >= 11 is 0. The van der Waals surface area contributed by atoms with Crippen LogP contribution in [0, 0.1) is 5.92 Å². The Morgan fingerprint density at radius 3 is 2.26 bits per heavy atom. The van der Waals surface area contributed by atoms with Crippen LogP contribution in [0.5, 0.6) is 0 Å². The van der Waals surface area contributed by atoms with Crippen molar-refractivity contribution in [1.82, 2.24) is 5.32 Å². The molecule has 0 saturated carbocycles. The van der Waals surface area contributed by atoms with Crippen LogP contribution in [-0.4, -0.2) is 17.9 Å². The summed E-state index contributed by atoms with van der Waals surface area (Å²) in [6.45, 7) is 4.44. The predicted octanol–water partition coefficient (Wildman–Crippen LogP) is -0.677. The van der Waals surface area contributed by atoms with E-state index in [4.69, 9.17) is 0 Å². The molecule has 0 fully saturated rings. The van der Waals surface area contributed by atoms with Crippen LogP contribution in [0.25, 0.3) is 0 Å². The fourth-order valence-electron chi connectivity index (χ4n) is 1.75. The second-order valence-electron chi connectivity index (χ2n) is 4.92. The Hall–Kier alpha value is -1.88. The quantitative estimate of drug-likeness (QED) is 0.712. The number of benzene rings is 1. The molecule has 0 radical (unpaired) electrons. The van der Waals surface area contributed by atoms with Gasteiger partial charge in [0.15, 0.2) is 0 Å². The lowest BCUT2D eigenvalue weighted by atomic mass is 10.0. The minimum atomic E-state index is -1.25. The molecule has 19 heavy (non-hydrogen) atoms. The fourth-order valence-corrected chi connectivity index (χ4v) is 1.75. The zero-order valence-corrected chi connectivity index (χ0v) is 11.3. The summed E-state index contributed by atoms with van der Waals surface area (Å²) in [6.07, 6.45) is 0.352. The maximum atomic E-state index is 11.9. The predicted molar refractivity (Wildman–Crippen MR) is 68.8 cm³/mol. The molecule has 0 heterocycles. The van der Waals surface area contributed by atoms with Gasteiger partial charge >= 0.3 is 0 Å². The topological polar surface area (TPSA) is 96.9 Å². The molecule has 0 aliphatic heterocycles. The summed E-state index contributed by atoms with van der Waals surface area (Å²) in [4.78, 5) is 22.9. The van der Waals surface area contributed by atoms with E-state index in [0.29, 0.717) is 18.5 Å². The fraction of sp³-hybridized carbons (Fsp3) is 0.429. The van der Waals surface area contributed by atoms with Crippen molar-refractivity contribution in [2.75, 3.05) is 0 Å². The smallest absolute Gasteiger partial charge is 0.251 e. The summed E-state index contributed by atoms with van der Waals surface area (Å²) in [6, 6.07) is 5.98. The number of carboxylic acid groups (broad SMARTS) is 1. The zero-order chi connectivity index (χ0) is 14.4. The van der Waals surface area contributed by atoms with Gasteiger partial charge in [-0.3, -0.25) is 4.79 Å². The van der Waals surface area contributed by atoms with E-state index in [9.17, 15) is 14.7 Å². The number of amides is 1. The van der Waals surface area contributed by atoms with Crippen molar-refractivity contribution in [3.05, 3.63) is 35.4 Å². The van der Waals surface area contributed by atoms with E-state index in [-0.39, 0.29) is 5.92 Å². The van der Waals surface area contributed by atoms with Crippen LogP contribution in [-0.2, 0) is 11.3 Å². The second kappa shape index (κ2) is 6.89. The van der Waals surface area contributed by atoms with Crippen LogP contribution in [0.1, 0.15) is 36.2 Å². The summed E-state index contributed by atoms with van der Waals surface area (Å²) < 4.78 is 0. The number of aliphatic carboxylic acids is 1. The van der Waals surface area contributed by atoms with Gasteiger partial charge in [0.05, 0.1) is 18.6 Å². The monoisotopic (exact) mass is 264 g/mol. The van der Waals surface area contributed by atoms with Gasteiger partial charge in [0.2, 0.25) is 0 Å². The normalized spacial score (nSPS) is 12.2. The molecule has 0 bridgehead atoms. The Labute approximate surface area is 112 Å². The van der Waals surface area contributed by atoms with Crippen LogP contribution < -0.4 is 16.2 Å². The summed E-state index contributed by atoms with van der Waals surface area (Å²) in [5, 5.41) is 13.5. The van der Waals surface area contributed by atoms with Crippen LogP contribution in [0.15, 0.2) is 24.3 Å². The second-order valence-corrected chi connectivity index (χ2v) is 4.92. The highest BCUT2D eigenvalue weighted by atomic mass is 16.4. The van der Waals surface area contributed by atoms with E-state index in [1.165, 1.54) is 0 Å². The van der Waals surface area contributed by atoms with Gasteiger partial charge in [0.1, 0.15) is 0 Å². The Balaban J connectivity index is 2.72. The van der Waals surface area contributed by atoms with Crippen molar-refractivity contribution in [2.45, 2.75) is 32.9 Å². The van der Waals surface area contributed by atoms with Crippen LogP contribution in [0.2, 0.25) is 0 Å². The number of carboxylic acids is 1. The number of hydrogen-bond acceptors (Lipinski definition) is 3. The van der Waals surface area contributed by atoms with Crippen LogP contribution in [0.4, 0.5) is 0 Å². The third kappa shape index (κ3) is 4.71. The van der Waals surface area contributed by atoms with Gasteiger partial charge < -0.3 is 21.0 Å². The molecule has 104 valence electrons. The first-order chi connectivity index (χ1) is 8.93. The van der Waals surface area contributed by atoms with Crippen LogP contribution >= 0.6 is 0 Å². The van der Waals surface area contributed by atoms with E-state index < -0.39 is 17.9 Å². The van der Waals surface area contributed by atoms with E-state index >= 15 is 0 Å². The van der Waals surface area contributed by atoms with Crippen molar-refractivity contribution in [1.29, 1.82) is 0 Å². The average Bonchev–Trinajstić information content (AvgIpc) is 2.37. The lowest BCUT2D eigenvalue weighted by molar-refractivity contribution is -0.386. The summed E-state index contributed by atoms with van der Waals surface area (Å²) in [7, 11) is 0. The molecule has 0 unspecified atom stereocenters. The molecule has 1 atom stereocenters.